The smallest absolute Gasteiger partial charge is 0.128 e. The third kappa shape index (κ3) is 5.48. The number of aryl methyl sites for hydroxylation is 2. The van der Waals surface area contributed by atoms with Crippen LogP contribution in [0.25, 0.3) is 0 Å². The highest BCUT2D eigenvalue weighted by molar-refractivity contribution is 5.86. The Morgan fingerprint density at radius 1 is 0.750 bits per heavy atom. The first kappa shape index (κ1) is 25.6. The topological polar surface area (TPSA) is 58.9 Å². The van der Waals surface area contributed by atoms with Crippen LogP contribution in [0.4, 0.5) is 5.69 Å². The maximum atomic E-state index is 11.1. The number of aromatic hydroxyl groups is 1. The number of phenolic OH excluding ortho intramolecular Hbond substituents is 1. The zero-order valence-electron chi connectivity index (χ0n) is 22.6. The lowest BCUT2D eigenvalue weighted by atomic mass is 9.79. The molecule has 4 rings (SSSR count). The molecule has 0 aliphatic carbocycles. The van der Waals surface area contributed by atoms with E-state index >= 15 is 0 Å². The predicted molar refractivity (Wildman–Crippen MR) is 147 cm³/mol. The predicted octanol–water partition coefficient (Wildman–Crippen LogP) is 8.72. The van der Waals surface area contributed by atoms with E-state index in [0.717, 1.165) is 45.4 Å². The van der Waals surface area contributed by atoms with E-state index < -0.39 is 0 Å². The van der Waals surface area contributed by atoms with Gasteiger partial charge in [0.05, 0.1) is 5.69 Å². The molecule has 2 heterocycles. The number of hydrogen-bond donors (Lipinski definition) is 1. The number of nitrogens with zero attached hydrogens (tertiary/aromatic N) is 1. The summed E-state index contributed by atoms with van der Waals surface area (Å²) in [5.41, 5.74) is 4.48. The lowest BCUT2D eigenvalue weighted by Crippen LogP contribution is -2.17. The summed E-state index contributed by atoms with van der Waals surface area (Å²) in [5, 5.41) is 11.1. The number of phenols is 1. The first-order valence-corrected chi connectivity index (χ1v) is 12.5. The van der Waals surface area contributed by atoms with Crippen LogP contribution in [0.2, 0.25) is 0 Å². The van der Waals surface area contributed by atoms with Gasteiger partial charge in [0.15, 0.2) is 0 Å². The zero-order chi connectivity index (χ0) is 26.3. The fraction of sp³-hybridized carbons (Fsp3) is 0.344. The first-order valence-electron chi connectivity index (χ1n) is 12.5. The molecule has 188 valence electrons. The summed E-state index contributed by atoms with van der Waals surface area (Å²) in [4.78, 5) is 4.71. The Balaban J connectivity index is 1.68. The quantitative estimate of drug-likeness (QED) is 0.289. The van der Waals surface area contributed by atoms with Gasteiger partial charge < -0.3 is 13.9 Å². The minimum Gasteiger partial charge on any atom is -0.507 e. The van der Waals surface area contributed by atoms with Crippen molar-refractivity contribution in [2.75, 3.05) is 0 Å². The van der Waals surface area contributed by atoms with E-state index in [1.807, 2.05) is 56.3 Å². The van der Waals surface area contributed by atoms with Crippen molar-refractivity contribution in [1.29, 1.82) is 0 Å². The SMILES string of the molecule is Cc1ccc(C(c2ccc(N=Cc3cc(C(C)(C)C)cc(C(C)(C)C)c3O)cc2)c2ccc(C)o2)o1. The van der Waals surface area contributed by atoms with E-state index in [1.165, 1.54) is 5.56 Å². The Hall–Kier alpha value is -3.53. The van der Waals surface area contributed by atoms with Gasteiger partial charge in [-0.05, 0) is 78.3 Å². The van der Waals surface area contributed by atoms with Crippen LogP contribution in [-0.2, 0) is 10.8 Å². The lowest BCUT2D eigenvalue weighted by Gasteiger charge is -2.27. The standard InChI is InChI=1S/C32H37NO3/c1-20-9-15-27(35-20)29(28-16-10-21(2)36-28)22-11-13-25(14-12-22)33-19-23-17-24(31(3,4)5)18-26(30(23)34)32(6,7)8/h9-19,29,34H,1-8H3. The molecule has 0 fully saturated rings. The van der Waals surface area contributed by atoms with Gasteiger partial charge in [-0.15, -0.1) is 0 Å². The second-order valence-electron chi connectivity index (χ2n) is 11.6. The summed E-state index contributed by atoms with van der Waals surface area (Å²) >= 11 is 0. The van der Waals surface area contributed by atoms with Crippen LogP contribution < -0.4 is 0 Å². The second-order valence-corrected chi connectivity index (χ2v) is 11.6. The molecule has 0 bridgehead atoms. The van der Waals surface area contributed by atoms with Gasteiger partial charge in [-0.1, -0.05) is 59.7 Å². The summed E-state index contributed by atoms with van der Waals surface area (Å²) < 4.78 is 11.9. The van der Waals surface area contributed by atoms with Crippen LogP contribution >= 0.6 is 0 Å². The summed E-state index contributed by atoms with van der Waals surface area (Å²) in [6, 6.07) is 20.2. The molecule has 4 nitrogen and oxygen atoms in total. The van der Waals surface area contributed by atoms with Gasteiger partial charge in [0.2, 0.25) is 0 Å². The van der Waals surface area contributed by atoms with Crippen molar-refractivity contribution in [3.05, 3.63) is 106 Å². The molecule has 0 amide bonds. The Labute approximate surface area is 214 Å². The van der Waals surface area contributed by atoms with Gasteiger partial charge in [-0.25, -0.2) is 0 Å². The van der Waals surface area contributed by atoms with Crippen molar-refractivity contribution in [1.82, 2.24) is 0 Å². The highest BCUT2D eigenvalue weighted by Crippen LogP contribution is 2.38. The Kier molecular flexibility index (Phi) is 6.74. The zero-order valence-corrected chi connectivity index (χ0v) is 22.6. The van der Waals surface area contributed by atoms with E-state index in [9.17, 15) is 5.11 Å². The lowest BCUT2D eigenvalue weighted by molar-refractivity contribution is 0.428. The Bertz CT molecular complexity index is 1330. The first-order chi connectivity index (χ1) is 16.8. The molecule has 0 unspecified atom stereocenters. The van der Waals surface area contributed by atoms with E-state index in [2.05, 4.69) is 59.7 Å². The van der Waals surface area contributed by atoms with E-state index in [4.69, 9.17) is 13.8 Å². The molecule has 0 saturated heterocycles. The number of aliphatic imine (C=N–C) groups is 1. The maximum absolute atomic E-state index is 11.1. The van der Waals surface area contributed by atoms with Gasteiger partial charge in [-0.3, -0.25) is 4.99 Å². The molecule has 2 aromatic heterocycles. The average molecular weight is 484 g/mol. The molecular weight excluding hydrogens is 446 g/mol. The third-order valence-corrected chi connectivity index (χ3v) is 6.48. The van der Waals surface area contributed by atoms with Gasteiger partial charge in [0, 0.05) is 17.3 Å². The van der Waals surface area contributed by atoms with Crippen LogP contribution in [0.5, 0.6) is 5.75 Å². The van der Waals surface area contributed by atoms with Crippen molar-refractivity contribution >= 4 is 11.9 Å². The van der Waals surface area contributed by atoms with Crippen LogP contribution in [0, 0.1) is 13.8 Å². The van der Waals surface area contributed by atoms with Crippen LogP contribution in [0.15, 0.2) is 74.5 Å². The van der Waals surface area contributed by atoms with Crippen LogP contribution in [-0.4, -0.2) is 11.3 Å². The molecule has 1 N–H and O–H groups in total. The largest absolute Gasteiger partial charge is 0.507 e. The van der Waals surface area contributed by atoms with Gasteiger partial charge in [-0.2, -0.15) is 0 Å². The fourth-order valence-corrected chi connectivity index (χ4v) is 4.34. The molecule has 4 heteroatoms. The second kappa shape index (κ2) is 9.50. The maximum Gasteiger partial charge on any atom is 0.128 e. The summed E-state index contributed by atoms with van der Waals surface area (Å²) in [5.74, 6) is 3.58. The van der Waals surface area contributed by atoms with E-state index in [0.29, 0.717) is 0 Å². The average Bonchev–Trinajstić information content (AvgIpc) is 3.41. The summed E-state index contributed by atoms with van der Waals surface area (Å²) in [7, 11) is 0. The number of furan rings is 2. The minimum atomic E-state index is -0.182. The van der Waals surface area contributed by atoms with Gasteiger partial charge in [0.25, 0.3) is 0 Å². The highest BCUT2D eigenvalue weighted by atomic mass is 16.4. The van der Waals surface area contributed by atoms with Gasteiger partial charge >= 0.3 is 0 Å². The molecule has 0 spiro atoms. The van der Waals surface area contributed by atoms with Gasteiger partial charge in [0.1, 0.15) is 34.7 Å². The highest BCUT2D eigenvalue weighted by Gasteiger charge is 2.25. The normalized spacial score (nSPS) is 12.7. The van der Waals surface area contributed by atoms with Crippen molar-refractivity contribution in [2.24, 2.45) is 4.99 Å². The van der Waals surface area contributed by atoms with Crippen molar-refractivity contribution in [3.8, 4) is 5.75 Å². The number of rotatable bonds is 5. The molecular formula is C32H37NO3. The molecule has 2 aromatic carbocycles. The summed E-state index contributed by atoms with van der Waals surface area (Å²) in [6.07, 6.45) is 1.76. The Morgan fingerprint density at radius 2 is 1.31 bits per heavy atom. The molecule has 0 radical (unpaired) electrons. The summed E-state index contributed by atoms with van der Waals surface area (Å²) in [6.45, 7) is 16.8. The monoisotopic (exact) mass is 483 g/mol. The van der Waals surface area contributed by atoms with Crippen molar-refractivity contribution in [2.45, 2.75) is 72.1 Å². The molecule has 36 heavy (non-hydrogen) atoms. The van der Waals surface area contributed by atoms with Crippen molar-refractivity contribution < 1.29 is 13.9 Å². The molecule has 0 aliphatic heterocycles. The fourth-order valence-electron chi connectivity index (χ4n) is 4.34. The number of benzene rings is 2. The number of hydrogen-bond acceptors (Lipinski definition) is 4. The third-order valence-electron chi connectivity index (χ3n) is 6.48. The minimum absolute atomic E-state index is 0.0403. The molecule has 0 atom stereocenters. The molecule has 0 saturated carbocycles. The molecule has 4 aromatic rings. The Morgan fingerprint density at radius 3 is 1.75 bits per heavy atom. The van der Waals surface area contributed by atoms with E-state index in [-0.39, 0.29) is 22.5 Å². The van der Waals surface area contributed by atoms with Crippen LogP contribution in [0.1, 0.15) is 92.8 Å². The van der Waals surface area contributed by atoms with Crippen molar-refractivity contribution in [3.63, 3.8) is 0 Å². The van der Waals surface area contributed by atoms with E-state index in [1.54, 1.807) is 6.21 Å². The molecule has 0 aliphatic rings. The van der Waals surface area contributed by atoms with Crippen LogP contribution in [0.3, 0.4) is 0 Å².